The van der Waals surface area contributed by atoms with Crippen molar-refractivity contribution in [1.29, 1.82) is 0 Å². The quantitative estimate of drug-likeness (QED) is 0.467. The number of rotatable bonds is 9. The maximum absolute atomic E-state index is 12.6. The Morgan fingerprint density at radius 2 is 1.59 bits per heavy atom. The van der Waals surface area contributed by atoms with Gasteiger partial charge in [0, 0.05) is 16.9 Å². The molecule has 0 spiro atoms. The molecule has 7 nitrogen and oxygen atoms in total. The molecule has 0 radical (unpaired) electrons. The average molecular weight is 453 g/mol. The zero-order valence-corrected chi connectivity index (χ0v) is 18.6. The predicted molar refractivity (Wildman–Crippen MR) is 125 cm³/mol. The van der Waals surface area contributed by atoms with Gasteiger partial charge < -0.3 is 14.8 Å². The average Bonchev–Trinajstić information content (AvgIpc) is 2.80. The minimum Gasteiger partial charge on any atom is -0.497 e. The van der Waals surface area contributed by atoms with Crippen LogP contribution in [0, 0.1) is 0 Å². The lowest BCUT2D eigenvalue weighted by Crippen LogP contribution is -2.14. The van der Waals surface area contributed by atoms with Crippen LogP contribution in [0.1, 0.15) is 15.9 Å². The molecule has 8 heteroatoms. The van der Waals surface area contributed by atoms with Gasteiger partial charge in [-0.15, -0.1) is 6.58 Å². The van der Waals surface area contributed by atoms with Crippen LogP contribution in [-0.2, 0) is 16.4 Å². The van der Waals surface area contributed by atoms with Crippen molar-refractivity contribution in [3.63, 3.8) is 0 Å². The SMILES string of the molecule is C=CCc1cc(C(=O)Nc2ccc(S(=O)(=O)Nc3ccc(OC)cc3)cc2)ccc1OC. The Kier molecular flexibility index (Phi) is 7.17. The third-order valence-electron chi connectivity index (χ3n) is 4.67. The highest BCUT2D eigenvalue weighted by atomic mass is 32.2. The van der Waals surface area contributed by atoms with E-state index in [9.17, 15) is 13.2 Å². The topological polar surface area (TPSA) is 93.7 Å². The third-order valence-corrected chi connectivity index (χ3v) is 6.07. The van der Waals surface area contributed by atoms with Crippen LogP contribution >= 0.6 is 0 Å². The number of methoxy groups -OCH3 is 2. The number of benzene rings is 3. The number of anilines is 2. The molecule has 0 saturated heterocycles. The summed E-state index contributed by atoms with van der Waals surface area (Å²) in [5.41, 5.74) is 2.19. The Hall–Kier alpha value is -3.78. The molecule has 3 rings (SSSR count). The van der Waals surface area contributed by atoms with Gasteiger partial charge in [-0.05, 0) is 78.7 Å². The van der Waals surface area contributed by atoms with E-state index in [2.05, 4.69) is 16.6 Å². The molecular weight excluding hydrogens is 428 g/mol. The van der Waals surface area contributed by atoms with E-state index in [1.165, 1.54) is 31.4 Å². The van der Waals surface area contributed by atoms with E-state index in [-0.39, 0.29) is 10.8 Å². The predicted octanol–water partition coefficient (Wildman–Crippen LogP) is 4.49. The van der Waals surface area contributed by atoms with Crippen LogP contribution in [0.2, 0.25) is 0 Å². The molecule has 1 amide bonds. The molecule has 32 heavy (non-hydrogen) atoms. The highest BCUT2D eigenvalue weighted by Crippen LogP contribution is 2.23. The van der Waals surface area contributed by atoms with E-state index in [1.54, 1.807) is 55.7 Å². The summed E-state index contributed by atoms with van der Waals surface area (Å²) < 4.78 is 38.1. The minimum atomic E-state index is -3.78. The first-order chi connectivity index (χ1) is 15.4. The minimum absolute atomic E-state index is 0.0732. The summed E-state index contributed by atoms with van der Waals surface area (Å²) >= 11 is 0. The van der Waals surface area contributed by atoms with E-state index in [1.807, 2.05) is 0 Å². The van der Waals surface area contributed by atoms with Crippen molar-refractivity contribution in [1.82, 2.24) is 0 Å². The molecule has 0 bridgehead atoms. The maximum atomic E-state index is 12.6. The Labute approximate surface area is 187 Å². The van der Waals surface area contributed by atoms with Crippen molar-refractivity contribution in [2.75, 3.05) is 24.3 Å². The Balaban J connectivity index is 1.71. The molecule has 0 aromatic heterocycles. The number of allylic oxidation sites excluding steroid dienone is 1. The number of carbonyl (C=O) groups is 1. The fourth-order valence-electron chi connectivity index (χ4n) is 3.03. The molecule has 2 N–H and O–H groups in total. The van der Waals surface area contributed by atoms with Crippen LogP contribution in [0.25, 0.3) is 0 Å². The van der Waals surface area contributed by atoms with Crippen LogP contribution in [-0.4, -0.2) is 28.5 Å². The summed E-state index contributed by atoms with van der Waals surface area (Å²) in [6.07, 6.45) is 2.30. The molecule has 3 aromatic rings. The van der Waals surface area contributed by atoms with Gasteiger partial charge in [0.05, 0.1) is 19.1 Å². The molecule has 166 valence electrons. The Bertz CT molecular complexity index is 1200. The lowest BCUT2D eigenvalue weighted by molar-refractivity contribution is 0.102. The first-order valence-electron chi connectivity index (χ1n) is 9.72. The van der Waals surface area contributed by atoms with Crippen molar-refractivity contribution in [2.24, 2.45) is 0 Å². The van der Waals surface area contributed by atoms with E-state index < -0.39 is 10.0 Å². The molecule has 0 aliphatic rings. The van der Waals surface area contributed by atoms with Gasteiger partial charge in [-0.1, -0.05) is 6.08 Å². The number of nitrogens with one attached hydrogen (secondary N) is 2. The zero-order valence-electron chi connectivity index (χ0n) is 17.8. The van der Waals surface area contributed by atoms with Crippen LogP contribution in [0.3, 0.4) is 0 Å². The molecule has 0 aliphatic carbocycles. The van der Waals surface area contributed by atoms with Gasteiger partial charge in [0.2, 0.25) is 0 Å². The number of amides is 1. The summed E-state index contributed by atoms with van der Waals surface area (Å²) in [5, 5.41) is 2.77. The van der Waals surface area contributed by atoms with E-state index in [0.29, 0.717) is 34.9 Å². The highest BCUT2D eigenvalue weighted by molar-refractivity contribution is 7.92. The van der Waals surface area contributed by atoms with Gasteiger partial charge >= 0.3 is 0 Å². The first-order valence-corrected chi connectivity index (χ1v) is 11.2. The number of hydrogen-bond donors (Lipinski definition) is 2. The normalized spacial score (nSPS) is 10.8. The van der Waals surface area contributed by atoms with Crippen molar-refractivity contribution in [3.8, 4) is 11.5 Å². The summed E-state index contributed by atoms with van der Waals surface area (Å²) in [4.78, 5) is 12.7. The smallest absolute Gasteiger partial charge is 0.261 e. The Morgan fingerprint density at radius 3 is 2.19 bits per heavy atom. The molecule has 0 heterocycles. The van der Waals surface area contributed by atoms with Crippen LogP contribution in [0.4, 0.5) is 11.4 Å². The highest BCUT2D eigenvalue weighted by Gasteiger charge is 2.15. The number of hydrogen-bond acceptors (Lipinski definition) is 5. The Morgan fingerprint density at radius 1 is 0.938 bits per heavy atom. The third kappa shape index (κ3) is 5.47. The lowest BCUT2D eigenvalue weighted by Gasteiger charge is -2.11. The van der Waals surface area contributed by atoms with Gasteiger partial charge in [0.15, 0.2) is 0 Å². The summed E-state index contributed by atoms with van der Waals surface area (Å²) in [5.74, 6) is 0.992. The molecule has 3 aromatic carbocycles. The summed E-state index contributed by atoms with van der Waals surface area (Å²) in [6.45, 7) is 3.72. The van der Waals surface area contributed by atoms with Crippen LogP contribution in [0.15, 0.2) is 84.3 Å². The second kappa shape index (κ2) is 10.0. The van der Waals surface area contributed by atoms with Gasteiger partial charge in [-0.25, -0.2) is 8.42 Å². The fourth-order valence-corrected chi connectivity index (χ4v) is 4.09. The van der Waals surface area contributed by atoms with Crippen molar-refractivity contribution < 1.29 is 22.7 Å². The standard InChI is InChI=1S/C24H24N2O5S/c1-4-5-17-16-18(6-15-23(17)31-3)24(27)25-19-9-13-22(14-10-19)32(28,29)26-20-7-11-21(30-2)12-8-20/h4,6-16,26H,1,5H2,2-3H3,(H,25,27). The molecular formula is C24H24N2O5S. The van der Waals surface area contributed by atoms with Crippen molar-refractivity contribution in [3.05, 3.63) is 90.5 Å². The lowest BCUT2D eigenvalue weighted by atomic mass is 10.1. The van der Waals surface area contributed by atoms with E-state index in [0.717, 1.165) is 5.56 Å². The van der Waals surface area contributed by atoms with Crippen molar-refractivity contribution in [2.45, 2.75) is 11.3 Å². The van der Waals surface area contributed by atoms with Crippen LogP contribution in [0.5, 0.6) is 11.5 Å². The van der Waals surface area contributed by atoms with Crippen molar-refractivity contribution >= 4 is 27.3 Å². The monoisotopic (exact) mass is 452 g/mol. The van der Waals surface area contributed by atoms with E-state index >= 15 is 0 Å². The maximum Gasteiger partial charge on any atom is 0.261 e. The van der Waals surface area contributed by atoms with Gasteiger partial charge in [-0.2, -0.15) is 0 Å². The van der Waals surface area contributed by atoms with Gasteiger partial charge in [-0.3, -0.25) is 9.52 Å². The molecule has 0 atom stereocenters. The number of carbonyl (C=O) groups excluding carboxylic acids is 1. The largest absolute Gasteiger partial charge is 0.497 e. The van der Waals surface area contributed by atoms with Crippen LogP contribution < -0.4 is 19.5 Å². The molecule has 0 aliphatic heterocycles. The fraction of sp³-hybridized carbons (Fsp3) is 0.125. The number of sulfonamides is 1. The molecule has 0 fully saturated rings. The zero-order chi connectivity index (χ0) is 23.1. The van der Waals surface area contributed by atoms with E-state index in [4.69, 9.17) is 9.47 Å². The van der Waals surface area contributed by atoms with Gasteiger partial charge in [0.25, 0.3) is 15.9 Å². The number of ether oxygens (including phenoxy) is 2. The molecule has 0 unspecified atom stereocenters. The summed E-state index contributed by atoms with van der Waals surface area (Å²) in [6, 6.07) is 17.6. The second-order valence-corrected chi connectivity index (χ2v) is 8.51. The van der Waals surface area contributed by atoms with Gasteiger partial charge in [0.1, 0.15) is 11.5 Å². The molecule has 0 saturated carbocycles. The second-order valence-electron chi connectivity index (χ2n) is 6.83. The summed E-state index contributed by atoms with van der Waals surface area (Å²) in [7, 11) is -0.670. The first kappa shape index (κ1) is 22.9.